The smallest absolute Gasteiger partial charge is 0.296 e. The van der Waals surface area contributed by atoms with Crippen LogP contribution in [0, 0.1) is 10.1 Å². The minimum Gasteiger partial charge on any atom is -0.492 e. The third kappa shape index (κ3) is 4.36. The molecule has 1 rings (SSSR count). The Morgan fingerprint density at radius 2 is 2.32 bits per heavy atom. The molecule has 0 saturated carbocycles. The number of hydrogen-bond donors (Lipinski definition) is 1. The van der Waals surface area contributed by atoms with Crippen LogP contribution in [0.25, 0.3) is 0 Å². The number of nitro groups is 1. The van der Waals surface area contributed by atoms with Crippen molar-refractivity contribution >= 4 is 44.7 Å². The van der Waals surface area contributed by atoms with Gasteiger partial charge in [0.25, 0.3) is 5.69 Å². The molecule has 0 radical (unpaired) electrons. The monoisotopic (exact) mass is 349 g/mol. The largest absolute Gasteiger partial charge is 0.492 e. The van der Waals surface area contributed by atoms with Crippen LogP contribution in [0.5, 0.6) is 5.75 Å². The zero-order valence-electron chi connectivity index (χ0n) is 10.2. The van der Waals surface area contributed by atoms with Crippen LogP contribution in [0.4, 0.5) is 11.4 Å². The molecule has 0 amide bonds. The average molecular weight is 351 g/mol. The van der Waals surface area contributed by atoms with Gasteiger partial charge in [0.2, 0.25) is 0 Å². The maximum absolute atomic E-state index is 11.0. The van der Waals surface area contributed by atoms with E-state index in [2.05, 4.69) is 20.9 Å². The summed E-state index contributed by atoms with van der Waals surface area (Å²) < 4.78 is 5.96. The quantitative estimate of drug-likeness (QED) is 0.280. The van der Waals surface area contributed by atoms with Crippen LogP contribution in [-0.2, 0) is 0 Å². The predicted octanol–water partition coefficient (Wildman–Crippen LogP) is 3.37. The summed E-state index contributed by atoms with van der Waals surface area (Å²) in [6.45, 7) is 2.47. The van der Waals surface area contributed by atoms with E-state index >= 15 is 0 Å². The van der Waals surface area contributed by atoms with Gasteiger partial charge >= 0.3 is 0 Å². The highest BCUT2D eigenvalue weighted by molar-refractivity contribution is 9.10. The van der Waals surface area contributed by atoms with E-state index in [9.17, 15) is 10.1 Å². The maximum Gasteiger partial charge on any atom is 0.296 e. The number of nitrogens with two attached hydrogens (primary N) is 1. The van der Waals surface area contributed by atoms with Crippen LogP contribution in [0.15, 0.2) is 21.6 Å². The standard InChI is InChI=1S/C11H13BrClN3O3/c1-2-3-19-10-5-8(15-11(14)6-13)9(16(17)18)4-7(10)12/h4-5H,2-3,6H2,1H3,(H2,14,15). The number of nitrogens with zero attached hydrogens (tertiary/aromatic N) is 2. The van der Waals surface area contributed by atoms with Crippen LogP contribution in [0.1, 0.15) is 13.3 Å². The molecular formula is C11H13BrClN3O3. The van der Waals surface area contributed by atoms with Crippen LogP contribution in [-0.4, -0.2) is 23.2 Å². The van der Waals surface area contributed by atoms with Crippen molar-refractivity contribution in [2.45, 2.75) is 13.3 Å². The fraction of sp³-hybridized carbons (Fsp3) is 0.364. The van der Waals surface area contributed by atoms with Crippen molar-refractivity contribution in [3.63, 3.8) is 0 Å². The van der Waals surface area contributed by atoms with Gasteiger partial charge in [0, 0.05) is 12.1 Å². The van der Waals surface area contributed by atoms with E-state index in [4.69, 9.17) is 22.1 Å². The van der Waals surface area contributed by atoms with Gasteiger partial charge in [-0.3, -0.25) is 10.1 Å². The molecule has 104 valence electrons. The summed E-state index contributed by atoms with van der Waals surface area (Å²) in [6, 6.07) is 2.81. The molecule has 1 aromatic carbocycles. The van der Waals surface area contributed by atoms with Gasteiger partial charge in [-0.1, -0.05) is 6.92 Å². The van der Waals surface area contributed by atoms with Crippen LogP contribution < -0.4 is 10.5 Å². The van der Waals surface area contributed by atoms with Gasteiger partial charge in [0.05, 0.1) is 21.9 Å². The lowest BCUT2D eigenvalue weighted by atomic mass is 10.2. The highest BCUT2D eigenvalue weighted by Gasteiger charge is 2.18. The third-order valence-corrected chi connectivity index (χ3v) is 2.98. The van der Waals surface area contributed by atoms with Gasteiger partial charge in [0.15, 0.2) is 0 Å². The second-order valence-corrected chi connectivity index (χ2v) is 4.74. The molecule has 1 aromatic rings. The minimum absolute atomic E-state index is 0.00162. The number of halogens is 2. The first-order valence-electron chi connectivity index (χ1n) is 5.49. The van der Waals surface area contributed by atoms with E-state index in [0.717, 1.165) is 6.42 Å². The molecule has 2 N–H and O–H groups in total. The lowest BCUT2D eigenvalue weighted by Gasteiger charge is -2.08. The normalized spacial score (nSPS) is 11.4. The molecule has 0 heterocycles. The van der Waals surface area contributed by atoms with Gasteiger partial charge in [0.1, 0.15) is 17.3 Å². The van der Waals surface area contributed by atoms with Crippen molar-refractivity contribution < 1.29 is 9.66 Å². The Hall–Kier alpha value is -1.34. The van der Waals surface area contributed by atoms with Crippen molar-refractivity contribution in [2.24, 2.45) is 10.7 Å². The molecule has 0 spiro atoms. The van der Waals surface area contributed by atoms with Crippen LogP contribution in [0.3, 0.4) is 0 Å². The topological polar surface area (TPSA) is 90.8 Å². The molecule has 0 fully saturated rings. The molecular weight excluding hydrogens is 337 g/mol. The average Bonchev–Trinajstić information content (AvgIpc) is 2.38. The summed E-state index contributed by atoms with van der Waals surface area (Å²) in [5, 5.41) is 11.0. The summed E-state index contributed by atoms with van der Waals surface area (Å²) in [7, 11) is 0. The molecule has 0 unspecified atom stereocenters. The van der Waals surface area contributed by atoms with Gasteiger partial charge in [-0.2, -0.15) is 0 Å². The van der Waals surface area contributed by atoms with E-state index < -0.39 is 4.92 Å². The lowest BCUT2D eigenvalue weighted by molar-refractivity contribution is -0.384. The fourth-order valence-electron chi connectivity index (χ4n) is 1.28. The van der Waals surface area contributed by atoms with E-state index in [1.165, 1.54) is 12.1 Å². The first kappa shape index (κ1) is 15.7. The Kier molecular flexibility index (Phi) is 6.04. The van der Waals surface area contributed by atoms with Crippen molar-refractivity contribution in [3.05, 3.63) is 26.7 Å². The minimum atomic E-state index is -0.533. The number of aliphatic imine (C=N–C) groups is 1. The SMILES string of the molecule is CCCOc1cc(N=C(N)CCl)c([N+](=O)[O-])cc1Br. The molecule has 6 nitrogen and oxygen atoms in total. The van der Waals surface area contributed by atoms with Crippen LogP contribution in [0.2, 0.25) is 0 Å². The van der Waals surface area contributed by atoms with Gasteiger partial charge in [-0.25, -0.2) is 4.99 Å². The molecule has 0 aliphatic rings. The molecule has 0 aliphatic carbocycles. The highest BCUT2D eigenvalue weighted by Crippen LogP contribution is 2.37. The lowest BCUT2D eigenvalue weighted by Crippen LogP contribution is -2.12. The Bertz CT molecular complexity index is 508. The Morgan fingerprint density at radius 3 is 2.84 bits per heavy atom. The van der Waals surface area contributed by atoms with Crippen molar-refractivity contribution in [2.75, 3.05) is 12.5 Å². The Balaban J connectivity index is 3.27. The first-order valence-corrected chi connectivity index (χ1v) is 6.82. The third-order valence-electron chi connectivity index (χ3n) is 2.09. The number of ether oxygens (including phenoxy) is 1. The molecule has 19 heavy (non-hydrogen) atoms. The summed E-state index contributed by atoms with van der Waals surface area (Å²) >= 11 is 8.75. The van der Waals surface area contributed by atoms with Gasteiger partial charge in [-0.05, 0) is 22.4 Å². The Morgan fingerprint density at radius 1 is 1.63 bits per heavy atom. The maximum atomic E-state index is 11.0. The number of amidine groups is 1. The number of hydrogen-bond acceptors (Lipinski definition) is 4. The summed E-state index contributed by atoms with van der Waals surface area (Å²) in [6.07, 6.45) is 0.825. The van der Waals surface area contributed by atoms with Crippen molar-refractivity contribution in [3.8, 4) is 5.75 Å². The number of nitro benzene ring substituents is 1. The number of benzene rings is 1. The van der Waals surface area contributed by atoms with Crippen LogP contribution >= 0.6 is 27.5 Å². The van der Waals surface area contributed by atoms with E-state index in [-0.39, 0.29) is 23.1 Å². The number of alkyl halides is 1. The number of rotatable bonds is 6. The van der Waals surface area contributed by atoms with E-state index in [0.29, 0.717) is 16.8 Å². The Labute approximate surface area is 123 Å². The molecule has 0 saturated heterocycles. The van der Waals surface area contributed by atoms with Gasteiger partial charge < -0.3 is 10.5 Å². The first-order chi connectivity index (χ1) is 8.99. The zero-order valence-corrected chi connectivity index (χ0v) is 12.6. The molecule has 0 bridgehead atoms. The van der Waals surface area contributed by atoms with E-state index in [1.807, 2.05) is 6.92 Å². The predicted molar refractivity (Wildman–Crippen MR) is 78.6 cm³/mol. The zero-order chi connectivity index (χ0) is 14.4. The second-order valence-electron chi connectivity index (χ2n) is 3.61. The highest BCUT2D eigenvalue weighted by atomic mass is 79.9. The summed E-state index contributed by atoms with van der Waals surface area (Å²) in [4.78, 5) is 14.4. The van der Waals surface area contributed by atoms with E-state index in [1.54, 1.807) is 0 Å². The van der Waals surface area contributed by atoms with Crippen molar-refractivity contribution in [1.82, 2.24) is 0 Å². The van der Waals surface area contributed by atoms with Crippen molar-refractivity contribution in [1.29, 1.82) is 0 Å². The molecule has 0 aromatic heterocycles. The van der Waals surface area contributed by atoms with Gasteiger partial charge in [-0.15, -0.1) is 11.6 Å². The second kappa shape index (κ2) is 7.30. The summed E-state index contributed by atoms with van der Waals surface area (Å²) in [5.41, 5.74) is 5.46. The molecule has 0 aliphatic heterocycles. The molecule has 8 heteroatoms. The summed E-state index contributed by atoms with van der Waals surface area (Å²) in [5.74, 6) is 0.584. The molecule has 0 atom stereocenters. The fourth-order valence-corrected chi connectivity index (χ4v) is 1.78.